The zero-order chi connectivity index (χ0) is 9.64. The Balaban J connectivity index is 1.96. The van der Waals surface area contributed by atoms with Crippen LogP contribution in [-0.2, 0) is 0 Å². The van der Waals surface area contributed by atoms with Gasteiger partial charge in [-0.2, -0.15) is 0 Å². The number of rotatable bonds is 3. The smallest absolute Gasteiger partial charge is 0.173 e. The molecule has 3 nitrogen and oxygen atoms in total. The molecule has 1 aromatic carbocycles. The fourth-order valence-corrected chi connectivity index (χ4v) is 1.03. The molecule has 0 aliphatic heterocycles. The van der Waals surface area contributed by atoms with Gasteiger partial charge >= 0.3 is 0 Å². The predicted octanol–water partition coefficient (Wildman–Crippen LogP) is 2.49. The van der Waals surface area contributed by atoms with Crippen molar-refractivity contribution in [3.05, 3.63) is 54.9 Å². The van der Waals surface area contributed by atoms with Crippen LogP contribution in [0.4, 0.5) is 5.69 Å². The van der Waals surface area contributed by atoms with Gasteiger partial charge in [-0.15, -0.1) is 0 Å². The molecule has 0 spiro atoms. The summed E-state index contributed by atoms with van der Waals surface area (Å²) in [5.74, 6) is 0.691. The third-order valence-corrected chi connectivity index (χ3v) is 1.69. The lowest BCUT2D eigenvalue weighted by Crippen LogP contribution is -2.04. The Hall–Kier alpha value is -2.03. The summed E-state index contributed by atoms with van der Waals surface area (Å²) in [6, 6.07) is 13.3. The molecular weight excluding hydrogens is 176 g/mol. The molecule has 2 aromatic rings. The Kier molecular flexibility index (Phi) is 2.62. The molecule has 0 aliphatic carbocycles. The zero-order valence-corrected chi connectivity index (χ0v) is 7.55. The topological polar surface area (TPSA) is 34.1 Å². The standard InChI is InChI=1S/C11H10N2O/c1-2-5-10(6-3-1)13-14-11-7-4-8-12-9-11/h1-9,13H. The van der Waals surface area contributed by atoms with Gasteiger partial charge in [-0.3, -0.25) is 4.98 Å². The minimum Gasteiger partial charge on any atom is -0.381 e. The molecule has 2 rings (SSSR count). The van der Waals surface area contributed by atoms with Crippen molar-refractivity contribution in [1.82, 2.24) is 4.98 Å². The number of hydrogen-bond acceptors (Lipinski definition) is 3. The van der Waals surface area contributed by atoms with Crippen molar-refractivity contribution in [2.75, 3.05) is 5.48 Å². The summed E-state index contributed by atoms with van der Waals surface area (Å²) in [4.78, 5) is 9.21. The highest BCUT2D eigenvalue weighted by Crippen LogP contribution is 2.09. The van der Waals surface area contributed by atoms with E-state index >= 15 is 0 Å². The monoisotopic (exact) mass is 186 g/mol. The van der Waals surface area contributed by atoms with Gasteiger partial charge < -0.3 is 4.84 Å². The van der Waals surface area contributed by atoms with E-state index in [0.717, 1.165) is 5.69 Å². The number of nitrogens with one attached hydrogen (secondary N) is 1. The van der Waals surface area contributed by atoms with Crippen LogP contribution in [0.1, 0.15) is 0 Å². The lowest BCUT2D eigenvalue weighted by atomic mass is 10.3. The lowest BCUT2D eigenvalue weighted by molar-refractivity contribution is 0.403. The maximum absolute atomic E-state index is 5.28. The predicted molar refractivity (Wildman–Crippen MR) is 54.9 cm³/mol. The molecule has 0 fully saturated rings. The summed E-state index contributed by atoms with van der Waals surface area (Å²) in [7, 11) is 0. The number of nitrogens with zero attached hydrogens (tertiary/aromatic N) is 1. The molecule has 0 atom stereocenters. The van der Waals surface area contributed by atoms with E-state index in [0.29, 0.717) is 5.75 Å². The van der Waals surface area contributed by atoms with Gasteiger partial charge in [-0.05, 0) is 24.3 Å². The highest BCUT2D eigenvalue weighted by Gasteiger charge is 1.92. The van der Waals surface area contributed by atoms with Gasteiger partial charge in [-0.25, -0.2) is 5.48 Å². The van der Waals surface area contributed by atoms with Crippen LogP contribution in [0.5, 0.6) is 5.75 Å². The maximum Gasteiger partial charge on any atom is 0.173 e. The first kappa shape index (κ1) is 8.56. The molecule has 0 unspecified atom stereocenters. The van der Waals surface area contributed by atoms with Gasteiger partial charge in [0, 0.05) is 6.20 Å². The van der Waals surface area contributed by atoms with E-state index in [-0.39, 0.29) is 0 Å². The van der Waals surface area contributed by atoms with Crippen molar-refractivity contribution in [2.45, 2.75) is 0 Å². The lowest BCUT2D eigenvalue weighted by Gasteiger charge is -2.06. The number of hydrogen-bond donors (Lipinski definition) is 1. The van der Waals surface area contributed by atoms with Crippen LogP contribution < -0.4 is 10.3 Å². The van der Waals surface area contributed by atoms with Crippen molar-refractivity contribution in [3.63, 3.8) is 0 Å². The van der Waals surface area contributed by atoms with Crippen LogP contribution >= 0.6 is 0 Å². The Bertz CT molecular complexity index is 336. The fourth-order valence-electron chi connectivity index (χ4n) is 1.03. The quantitative estimate of drug-likeness (QED) is 0.748. The van der Waals surface area contributed by atoms with Gasteiger partial charge in [0.25, 0.3) is 0 Å². The molecule has 0 saturated heterocycles. The average molecular weight is 186 g/mol. The summed E-state index contributed by atoms with van der Waals surface area (Å²) in [6.45, 7) is 0. The van der Waals surface area contributed by atoms with E-state index in [1.807, 2.05) is 42.5 Å². The van der Waals surface area contributed by atoms with Crippen LogP contribution in [0.2, 0.25) is 0 Å². The molecule has 0 amide bonds. The highest BCUT2D eigenvalue weighted by atomic mass is 16.6. The van der Waals surface area contributed by atoms with Crippen LogP contribution in [0.25, 0.3) is 0 Å². The first-order chi connectivity index (χ1) is 6.95. The summed E-state index contributed by atoms with van der Waals surface area (Å²) < 4.78 is 0. The third kappa shape index (κ3) is 2.23. The van der Waals surface area contributed by atoms with Gasteiger partial charge in [0.2, 0.25) is 0 Å². The molecular formula is C11H10N2O. The number of para-hydroxylation sites is 1. The number of benzene rings is 1. The van der Waals surface area contributed by atoms with Gasteiger partial charge in [0.05, 0.1) is 11.9 Å². The van der Waals surface area contributed by atoms with E-state index in [1.165, 1.54) is 0 Å². The molecule has 0 aliphatic rings. The molecule has 0 radical (unpaired) electrons. The highest BCUT2D eigenvalue weighted by molar-refractivity contribution is 5.41. The van der Waals surface area contributed by atoms with Crippen molar-refractivity contribution in [3.8, 4) is 5.75 Å². The molecule has 1 aromatic heterocycles. The van der Waals surface area contributed by atoms with E-state index < -0.39 is 0 Å². The minimum absolute atomic E-state index is 0.691. The molecule has 3 heteroatoms. The van der Waals surface area contributed by atoms with Crippen molar-refractivity contribution < 1.29 is 4.84 Å². The number of aromatic nitrogens is 1. The van der Waals surface area contributed by atoms with E-state index in [1.54, 1.807) is 12.4 Å². The Morgan fingerprint density at radius 2 is 1.86 bits per heavy atom. The molecule has 0 bridgehead atoms. The first-order valence-electron chi connectivity index (χ1n) is 4.33. The molecule has 1 N–H and O–H groups in total. The first-order valence-corrected chi connectivity index (χ1v) is 4.33. The van der Waals surface area contributed by atoms with Crippen LogP contribution in [0, 0.1) is 0 Å². The average Bonchev–Trinajstić information content (AvgIpc) is 2.29. The van der Waals surface area contributed by atoms with Gasteiger partial charge in [0.15, 0.2) is 5.75 Å². The normalized spacial score (nSPS) is 9.43. The zero-order valence-electron chi connectivity index (χ0n) is 7.55. The SMILES string of the molecule is c1ccc(NOc2cccnc2)cc1. The largest absolute Gasteiger partial charge is 0.381 e. The second kappa shape index (κ2) is 4.28. The molecule has 14 heavy (non-hydrogen) atoms. The van der Waals surface area contributed by atoms with Crippen LogP contribution in [0.3, 0.4) is 0 Å². The molecule has 0 saturated carbocycles. The second-order valence-electron chi connectivity index (χ2n) is 2.76. The van der Waals surface area contributed by atoms with Gasteiger partial charge in [0.1, 0.15) is 0 Å². The minimum atomic E-state index is 0.691. The van der Waals surface area contributed by atoms with Crippen molar-refractivity contribution >= 4 is 5.69 Å². The Morgan fingerprint density at radius 1 is 1.00 bits per heavy atom. The van der Waals surface area contributed by atoms with Crippen LogP contribution in [-0.4, -0.2) is 4.98 Å². The molecule has 70 valence electrons. The van der Waals surface area contributed by atoms with Gasteiger partial charge in [-0.1, -0.05) is 18.2 Å². The van der Waals surface area contributed by atoms with Crippen molar-refractivity contribution in [2.24, 2.45) is 0 Å². The Morgan fingerprint density at radius 3 is 2.57 bits per heavy atom. The van der Waals surface area contributed by atoms with E-state index in [2.05, 4.69) is 10.5 Å². The number of anilines is 1. The van der Waals surface area contributed by atoms with Crippen LogP contribution in [0.15, 0.2) is 54.9 Å². The number of pyridine rings is 1. The summed E-state index contributed by atoms with van der Waals surface area (Å²) in [5.41, 5.74) is 3.73. The third-order valence-electron chi connectivity index (χ3n) is 1.69. The fraction of sp³-hybridized carbons (Fsp3) is 0. The summed E-state index contributed by atoms with van der Waals surface area (Å²) >= 11 is 0. The van der Waals surface area contributed by atoms with E-state index in [4.69, 9.17) is 4.84 Å². The van der Waals surface area contributed by atoms with E-state index in [9.17, 15) is 0 Å². The van der Waals surface area contributed by atoms with Crippen molar-refractivity contribution in [1.29, 1.82) is 0 Å². The second-order valence-corrected chi connectivity index (χ2v) is 2.76. The summed E-state index contributed by atoms with van der Waals surface area (Å²) in [6.07, 6.45) is 3.35. The maximum atomic E-state index is 5.28. The summed E-state index contributed by atoms with van der Waals surface area (Å²) in [5, 5.41) is 0. The molecule has 1 heterocycles. The Labute approximate surface area is 82.3 Å².